The number of carbonyl (C=O) groups excluding carboxylic acids is 1. The van der Waals surface area contributed by atoms with Crippen LogP contribution in [0.1, 0.15) is 10.4 Å². The van der Waals surface area contributed by atoms with Crippen LogP contribution in [-0.2, 0) is 10.2 Å². The summed E-state index contributed by atoms with van der Waals surface area (Å²) in [6.45, 7) is 0.337. The molecule has 0 aliphatic carbocycles. The van der Waals surface area contributed by atoms with Crippen LogP contribution in [0.2, 0.25) is 0 Å². The first kappa shape index (κ1) is 16.7. The average Bonchev–Trinajstić information content (AvgIpc) is 3.18. The summed E-state index contributed by atoms with van der Waals surface area (Å²) in [5.41, 5.74) is 3.11. The predicted octanol–water partition coefficient (Wildman–Crippen LogP) is 1.62. The van der Waals surface area contributed by atoms with Gasteiger partial charge in [-0.2, -0.15) is 17.2 Å². The third-order valence-corrected chi connectivity index (χ3v) is 6.61. The number of aromatic nitrogens is 2. The van der Waals surface area contributed by atoms with Gasteiger partial charge >= 0.3 is 10.2 Å². The molecule has 8 nitrogen and oxygen atoms in total. The molecule has 0 radical (unpaired) electrons. The molecule has 0 spiro atoms. The molecule has 2 heterocycles. The van der Waals surface area contributed by atoms with Crippen LogP contribution in [-0.4, -0.2) is 43.2 Å². The second kappa shape index (κ2) is 6.22. The summed E-state index contributed by atoms with van der Waals surface area (Å²) < 4.78 is 35.8. The molecule has 1 aliphatic rings. The highest BCUT2D eigenvalue weighted by atomic mass is 32.2. The van der Waals surface area contributed by atoms with Crippen molar-refractivity contribution in [3.63, 3.8) is 0 Å². The second-order valence-corrected chi connectivity index (χ2v) is 8.17. The van der Waals surface area contributed by atoms with Crippen LogP contribution in [0.3, 0.4) is 0 Å². The summed E-state index contributed by atoms with van der Waals surface area (Å²) >= 11 is 1.09. The Kier molecular flexibility index (Phi) is 4.00. The molecule has 4 rings (SSSR count). The lowest BCUT2D eigenvalue weighted by molar-refractivity contribution is 0.0955. The van der Waals surface area contributed by atoms with Gasteiger partial charge in [0.1, 0.15) is 11.0 Å². The van der Waals surface area contributed by atoms with Crippen LogP contribution in [0.5, 0.6) is 0 Å². The third-order valence-electron chi connectivity index (χ3n) is 4.23. The lowest BCUT2D eigenvalue weighted by Crippen LogP contribution is -2.40. The summed E-state index contributed by atoms with van der Waals surface area (Å²) in [6.07, 6.45) is 0. The molecule has 0 saturated heterocycles. The SMILES string of the molecule is CN1c2ccccc2N(CCNC(=O)c2ccc3nsnc3c2)S1(=O)=O. The van der Waals surface area contributed by atoms with Gasteiger partial charge in [-0.05, 0) is 30.3 Å². The number of nitrogens with zero attached hydrogens (tertiary/aromatic N) is 4. The summed E-state index contributed by atoms with van der Waals surface area (Å²) in [4.78, 5) is 12.3. The van der Waals surface area contributed by atoms with Gasteiger partial charge in [-0.3, -0.25) is 9.10 Å². The van der Waals surface area contributed by atoms with Crippen molar-refractivity contribution in [2.45, 2.75) is 0 Å². The molecule has 0 saturated carbocycles. The van der Waals surface area contributed by atoms with Crippen LogP contribution >= 0.6 is 11.7 Å². The minimum atomic E-state index is -3.61. The van der Waals surface area contributed by atoms with Crippen molar-refractivity contribution in [3.05, 3.63) is 48.0 Å². The maximum Gasteiger partial charge on any atom is 0.326 e. The highest BCUT2D eigenvalue weighted by Crippen LogP contribution is 2.38. The van der Waals surface area contributed by atoms with Gasteiger partial charge in [-0.15, -0.1) is 0 Å². The normalized spacial score (nSPS) is 15.3. The van der Waals surface area contributed by atoms with Gasteiger partial charge in [0, 0.05) is 19.2 Å². The van der Waals surface area contributed by atoms with E-state index < -0.39 is 10.2 Å². The highest BCUT2D eigenvalue weighted by molar-refractivity contribution is 7.94. The maximum atomic E-state index is 12.5. The molecule has 10 heteroatoms. The van der Waals surface area contributed by atoms with E-state index in [1.807, 2.05) is 0 Å². The molecule has 1 aliphatic heterocycles. The van der Waals surface area contributed by atoms with E-state index in [2.05, 4.69) is 14.1 Å². The van der Waals surface area contributed by atoms with Crippen molar-refractivity contribution in [3.8, 4) is 0 Å². The van der Waals surface area contributed by atoms with E-state index in [9.17, 15) is 13.2 Å². The first-order valence-corrected chi connectivity index (χ1v) is 9.97. The molecule has 0 atom stereocenters. The molecular formula is C16H15N5O3S2. The Balaban J connectivity index is 1.46. The molecule has 0 bridgehead atoms. The highest BCUT2D eigenvalue weighted by Gasteiger charge is 2.37. The number of benzene rings is 2. The van der Waals surface area contributed by atoms with Gasteiger partial charge in [0.05, 0.1) is 29.6 Å². The van der Waals surface area contributed by atoms with Gasteiger partial charge in [-0.25, -0.2) is 4.31 Å². The molecule has 3 aromatic rings. The standard InChI is InChI=1S/C16H15N5O3S2/c1-20-14-4-2-3-5-15(14)21(26(20,23)24)9-8-17-16(22)11-6-7-12-13(10-11)19-25-18-12/h2-7,10H,8-9H2,1H3,(H,17,22). The third kappa shape index (κ3) is 2.67. The molecule has 1 amide bonds. The number of nitrogens with one attached hydrogen (secondary N) is 1. The Morgan fingerprint density at radius 3 is 2.65 bits per heavy atom. The topological polar surface area (TPSA) is 95.5 Å². The Morgan fingerprint density at radius 1 is 1.12 bits per heavy atom. The number of amides is 1. The lowest BCUT2D eigenvalue weighted by Gasteiger charge is -2.19. The second-order valence-electron chi connectivity index (χ2n) is 5.76. The lowest BCUT2D eigenvalue weighted by atomic mass is 10.2. The van der Waals surface area contributed by atoms with E-state index >= 15 is 0 Å². The van der Waals surface area contributed by atoms with E-state index in [1.54, 1.807) is 42.5 Å². The van der Waals surface area contributed by atoms with E-state index in [4.69, 9.17) is 0 Å². The van der Waals surface area contributed by atoms with E-state index in [0.717, 1.165) is 17.2 Å². The minimum absolute atomic E-state index is 0.149. The van der Waals surface area contributed by atoms with Crippen molar-refractivity contribution < 1.29 is 13.2 Å². The van der Waals surface area contributed by atoms with Crippen molar-refractivity contribution in [2.24, 2.45) is 0 Å². The maximum absolute atomic E-state index is 12.5. The molecule has 26 heavy (non-hydrogen) atoms. The van der Waals surface area contributed by atoms with Crippen LogP contribution < -0.4 is 13.9 Å². The molecule has 0 unspecified atom stereocenters. The molecule has 1 N–H and O–H groups in total. The van der Waals surface area contributed by atoms with Gasteiger partial charge in [0.2, 0.25) is 0 Å². The zero-order valence-electron chi connectivity index (χ0n) is 13.8. The minimum Gasteiger partial charge on any atom is -0.350 e. The van der Waals surface area contributed by atoms with Crippen LogP contribution in [0.15, 0.2) is 42.5 Å². The summed E-state index contributed by atoms with van der Waals surface area (Å²) in [5, 5.41) is 2.76. The quantitative estimate of drug-likeness (QED) is 0.732. The molecular weight excluding hydrogens is 374 g/mol. The average molecular weight is 389 g/mol. The number of fused-ring (bicyclic) bond motifs is 2. The smallest absolute Gasteiger partial charge is 0.326 e. The summed E-state index contributed by atoms with van der Waals surface area (Å²) in [5.74, 6) is -0.280. The predicted molar refractivity (Wildman–Crippen MR) is 101 cm³/mol. The van der Waals surface area contributed by atoms with E-state index in [1.165, 1.54) is 15.7 Å². The largest absolute Gasteiger partial charge is 0.350 e. The zero-order valence-corrected chi connectivity index (χ0v) is 15.4. The number of rotatable bonds is 4. The van der Waals surface area contributed by atoms with Crippen LogP contribution in [0.25, 0.3) is 11.0 Å². The zero-order chi connectivity index (χ0) is 18.3. The van der Waals surface area contributed by atoms with Gasteiger partial charge in [-0.1, -0.05) is 12.1 Å². The molecule has 2 aromatic carbocycles. The van der Waals surface area contributed by atoms with Crippen molar-refractivity contribution in [1.82, 2.24) is 14.1 Å². The Bertz CT molecular complexity index is 1100. The Morgan fingerprint density at radius 2 is 1.85 bits per heavy atom. The monoisotopic (exact) mass is 389 g/mol. The number of anilines is 2. The molecule has 0 fully saturated rings. The Labute approximate surface area is 154 Å². The number of hydrogen-bond acceptors (Lipinski definition) is 6. The summed E-state index contributed by atoms with van der Waals surface area (Å²) in [6, 6.07) is 12.2. The summed E-state index contributed by atoms with van der Waals surface area (Å²) in [7, 11) is -2.09. The first-order chi connectivity index (χ1) is 12.5. The fraction of sp³-hybridized carbons (Fsp3) is 0.188. The van der Waals surface area contributed by atoms with Crippen molar-refractivity contribution >= 4 is 50.3 Å². The molecule has 1 aromatic heterocycles. The van der Waals surface area contributed by atoms with Crippen molar-refractivity contribution in [2.75, 3.05) is 28.7 Å². The van der Waals surface area contributed by atoms with Crippen molar-refractivity contribution in [1.29, 1.82) is 0 Å². The number of hydrogen-bond donors (Lipinski definition) is 1. The van der Waals surface area contributed by atoms with E-state index in [-0.39, 0.29) is 19.0 Å². The van der Waals surface area contributed by atoms with Crippen LogP contribution in [0.4, 0.5) is 11.4 Å². The van der Waals surface area contributed by atoms with Gasteiger partial charge < -0.3 is 5.32 Å². The first-order valence-electron chi connectivity index (χ1n) is 7.84. The number of carbonyl (C=O) groups is 1. The van der Waals surface area contributed by atoms with Gasteiger partial charge in [0.25, 0.3) is 5.91 Å². The fourth-order valence-electron chi connectivity index (χ4n) is 2.87. The van der Waals surface area contributed by atoms with E-state index in [0.29, 0.717) is 22.5 Å². The fourth-order valence-corrected chi connectivity index (χ4v) is 4.81. The van der Waals surface area contributed by atoms with Crippen LogP contribution in [0, 0.1) is 0 Å². The van der Waals surface area contributed by atoms with Gasteiger partial charge in [0.15, 0.2) is 0 Å². The number of para-hydroxylation sites is 2. The molecule has 134 valence electrons. The Hall–Kier alpha value is -2.72.